The number of fused-ring (bicyclic) bond motifs is 3. The molecular formula is C12H16N4S. The summed E-state index contributed by atoms with van der Waals surface area (Å²) >= 11 is 1.74. The van der Waals surface area contributed by atoms with Crippen molar-refractivity contribution < 1.29 is 0 Å². The number of rotatable bonds is 0. The van der Waals surface area contributed by atoms with Crippen molar-refractivity contribution in [2.45, 2.75) is 33.1 Å². The maximum Gasteiger partial charge on any atom is 0.155 e. The van der Waals surface area contributed by atoms with Crippen molar-refractivity contribution in [2.75, 3.05) is 5.84 Å². The lowest BCUT2D eigenvalue weighted by Gasteiger charge is -2.17. The van der Waals surface area contributed by atoms with E-state index in [0.29, 0.717) is 11.3 Å². The summed E-state index contributed by atoms with van der Waals surface area (Å²) in [7, 11) is 0. The third kappa shape index (κ3) is 1.49. The Morgan fingerprint density at radius 2 is 2.29 bits per heavy atom. The quantitative estimate of drug-likeness (QED) is 0.697. The van der Waals surface area contributed by atoms with Crippen molar-refractivity contribution in [1.82, 2.24) is 9.66 Å². The van der Waals surface area contributed by atoms with Gasteiger partial charge in [0.1, 0.15) is 10.7 Å². The Morgan fingerprint density at radius 1 is 1.53 bits per heavy atom. The molecule has 2 heterocycles. The molecule has 0 unspecified atom stereocenters. The van der Waals surface area contributed by atoms with E-state index in [9.17, 15) is 0 Å². The van der Waals surface area contributed by atoms with Crippen LogP contribution in [-0.4, -0.2) is 9.66 Å². The van der Waals surface area contributed by atoms with Crippen molar-refractivity contribution in [1.29, 1.82) is 5.41 Å². The minimum Gasteiger partial charge on any atom is -0.336 e. The molecule has 0 spiro atoms. The highest BCUT2D eigenvalue weighted by Crippen LogP contribution is 2.35. The van der Waals surface area contributed by atoms with E-state index in [0.717, 1.165) is 29.0 Å². The second-order valence-corrected chi connectivity index (χ2v) is 5.99. The van der Waals surface area contributed by atoms with Crippen LogP contribution in [0.4, 0.5) is 0 Å². The number of aromatic nitrogens is 2. The molecule has 17 heavy (non-hydrogen) atoms. The number of nitrogens with two attached hydrogens (primary N) is 1. The van der Waals surface area contributed by atoms with Gasteiger partial charge in [0.15, 0.2) is 5.49 Å². The monoisotopic (exact) mass is 248 g/mol. The molecule has 0 radical (unpaired) electrons. The summed E-state index contributed by atoms with van der Waals surface area (Å²) in [6.07, 6.45) is 3.39. The fourth-order valence-corrected chi connectivity index (χ4v) is 3.97. The summed E-state index contributed by atoms with van der Waals surface area (Å²) < 4.78 is 1.38. The number of nitrogens with one attached hydrogen (secondary N) is 1. The van der Waals surface area contributed by atoms with Crippen molar-refractivity contribution in [3.8, 4) is 0 Å². The summed E-state index contributed by atoms with van der Waals surface area (Å²) in [4.78, 5) is 6.89. The number of hydrogen-bond acceptors (Lipinski definition) is 4. The fourth-order valence-electron chi connectivity index (χ4n) is 2.54. The molecule has 0 aromatic carbocycles. The zero-order valence-electron chi connectivity index (χ0n) is 10.1. The molecule has 1 atom stereocenters. The molecule has 3 N–H and O–H groups in total. The Kier molecular flexibility index (Phi) is 2.26. The molecule has 0 bridgehead atoms. The van der Waals surface area contributed by atoms with Gasteiger partial charge in [-0.3, -0.25) is 5.41 Å². The van der Waals surface area contributed by atoms with Gasteiger partial charge >= 0.3 is 0 Å². The van der Waals surface area contributed by atoms with Crippen LogP contribution in [-0.2, 0) is 12.8 Å². The highest BCUT2D eigenvalue weighted by Gasteiger charge is 2.22. The van der Waals surface area contributed by atoms with Crippen molar-refractivity contribution in [3.63, 3.8) is 0 Å². The first-order chi connectivity index (χ1) is 8.08. The number of thiophene rings is 1. The van der Waals surface area contributed by atoms with Crippen molar-refractivity contribution in [2.24, 2.45) is 5.92 Å². The minimum absolute atomic E-state index is 0.402. The third-order valence-corrected chi connectivity index (χ3v) is 4.73. The van der Waals surface area contributed by atoms with E-state index >= 15 is 0 Å². The average Bonchev–Trinajstić information content (AvgIpc) is 2.63. The van der Waals surface area contributed by atoms with Crippen LogP contribution in [0, 0.1) is 18.3 Å². The predicted octanol–water partition coefficient (Wildman–Crippen LogP) is 1.72. The first kappa shape index (κ1) is 10.8. The Balaban J connectivity index is 2.37. The Bertz CT molecular complexity index is 653. The van der Waals surface area contributed by atoms with Gasteiger partial charge in [-0.05, 0) is 37.7 Å². The topological polar surface area (TPSA) is 67.7 Å². The van der Waals surface area contributed by atoms with E-state index in [1.165, 1.54) is 21.5 Å². The van der Waals surface area contributed by atoms with Crippen LogP contribution in [0.1, 0.15) is 29.6 Å². The molecule has 1 aliphatic rings. The summed E-state index contributed by atoms with van der Waals surface area (Å²) in [6, 6.07) is 0. The Hall–Kier alpha value is -1.36. The second-order valence-electron chi connectivity index (χ2n) is 4.91. The third-order valence-electron chi connectivity index (χ3n) is 3.58. The minimum atomic E-state index is 0.402. The van der Waals surface area contributed by atoms with Crippen LogP contribution in [0.5, 0.6) is 0 Å². The molecule has 2 aromatic rings. The highest BCUT2D eigenvalue weighted by atomic mass is 32.1. The van der Waals surface area contributed by atoms with Gasteiger partial charge in [-0.1, -0.05) is 6.92 Å². The molecule has 3 rings (SSSR count). The van der Waals surface area contributed by atoms with E-state index in [-0.39, 0.29) is 0 Å². The maximum atomic E-state index is 8.14. The van der Waals surface area contributed by atoms with E-state index in [1.807, 2.05) is 6.92 Å². The Morgan fingerprint density at radius 3 is 3.06 bits per heavy atom. The van der Waals surface area contributed by atoms with Crippen LogP contribution < -0.4 is 11.3 Å². The van der Waals surface area contributed by atoms with Gasteiger partial charge in [-0.15, -0.1) is 11.3 Å². The molecule has 0 saturated heterocycles. The van der Waals surface area contributed by atoms with Gasteiger partial charge in [0.05, 0.1) is 5.39 Å². The van der Waals surface area contributed by atoms with Gasteiger partial charge < -0.3 is 5.84 Å². The largest absolute Gasteiger partial charge is 0.336 e. The standard InChI is InChI=1S/C12H16N4S/c1-6-3-4-8-9(5-6)17-12-10(8)11(13)16(14)7(2)15-12/h6,13H,3-5,14H2,1-2H3/t6-/m0/s1. The van der Waals surface area contributed by atoms with E-state index in [4.69, 9.17) is 11.3 Å². The van der Waals surface area contributed by atoms with Gasteiger partial charge in [0.25, 0.3) is 0 Å². The van der Waals surface area contributed by atoms with Crippen LogP contribution in [0.25, 0.3) is 10.2 Å². The summed E-state index contributed by atoms with van der Waals surface area (Å²) in [6.45, 7) is 4.13. The molecule has 0 saturated carbocycles. The van der Waals surface area contributed by atoms with Gasteiger partial charge in [0, 0.05) is 4.88 Å². The summed E-state index contributed by atoms with van der Waals surface area (Å²) in [5.74, 6) is 7.29. The molecule has 2 aromatic heterocycles. The van der Waals surface area contributed by atoms with Crippen LogP contribution >= 0.6 is 11.3 Å². The maximum absolute atomic E-state index is 8.14. The lowest BCUT2D eigenvalue weighted by molar-refractivity contribution is 0.509. The number of nitrogen functional groups attached to an aromatic ring is 1. The number of aryl methyl sites for hydroxylation is 2. The number of nitrogens with zero attached hydrogens (tertiary/aromatic N) is 2. The normalized spacial score (nSPS) is 19.5. The van der Waals surface area contributed by atoms with E-state index < -0.39 is 0 Å². The second kappa shape index (κ2) is 3.57. The first-order valence-electron chi connectivity index (χ1n) is 5.91. The van der Waals surface area contributed by atoms with Crippen molar-refractivity contribution >= 4 is 21.6 Å². The van der Waals surface area contributed by atoms with Gasteiger partial charge in [-0.2, -0.15) is 0 Å². The summed E-state index contributed by atoms with van der Waals surface area (Å²) in [5.41, 5.74) is 1.72. The fraction of sp³-hybridized carbons (Fsp3) is 0.500. The zero-order valence-corrected chi connectivity index (χ0v) is 10.9. The van der Waals surface area contributed by atoms with E-state index in [1.54, 1.807) is 11.3 Å². The average molecular weight is 248 g/mol. The van der Waals surface area contributed by atoms with Gasteiger partial charge in [0.2, 0.25) is 0 Å². The van der Waals surface area contributed by atoms with Crippen molar-refractivity contribution in [3.05, 3.63) is 21.8 Å². The first-order valence-corrected chi connectivity index (χ1v) is 6.73. The predicted molar refractivity (Wildman–Crippen MR) is 69.5 cm³/mol. The molecule has 0 fully saturated rings. The smallest absolute Gasteiger partial charge is 0.155 e. The molecular weight excluding hydrogens is 232 g/mol. The zero-order chi connectivity index (χ0) is 12.2. The highest BCUT2D eigenvalue weighted by molar-refractivity contribution is 7.18. The van der Waals surface area contributed by atoms with Crippen LogP contribution in [0.2, 0.25) is 0 Å². The Labute approximate surface area is 104 Å². The van der Waals surface area contributed by atoms with E-state index in [2.05, 4.69) is 11.9 Å². The molecule has 0 aliphatic heterocycles. The molecule has 1 aliphatic carbocycles. The van der Waals surface area contributed by atoms with Crippen LogP contribution in [0.3, 0.4) is 0 Å². The SMILES string of the molecule is Cc1nc2sc3c(c2c(=N)n1N)CC[C@H](C)C3. The van der Waals surface area contributed by atoms with Gasteiger partial charge in [-0.25, -0.2) is 9.66 Å². The molecule has 90 valence electrons. The molecule has 4 nitrogen and oxygen atoms in total. The lowest BCUT2D eigenvalue weighted by Crippen LogP contribution is -2.30. The number of hydrogen-bond donors (Lipinski definition) is 2. The lowest BCUT2D eigenvalue weighted by atomic mass is 9.89. The molecule has 5 heteroatoms. The molecule has 0 amide bonds. The van der Waals surface area contributed by atoms with Crippen LogP contribution in [0.15, 0.2) is 0 Å². The summed E-state index contributed by atoms with van der Waals surface area (Å²) in [5, 5.41) is 9.12.